The number of nitrogens with zero attached hydrogens (tertiary/aromatic N) is 2. The molecule has 0 radical (unpaired) electrons. The first-order valence-corrected chi connectivity index (χ1v) is 5.95. The number of hydrogen-bond acceptors (Lipinski definition) is 2. The minimum atomic E-state index is -0.923. The molecule has 0 fully saturated rings. The van der Waals surface area contributed by atoms with Gasteiger partial charge in [0.15, 0.2) is 0 Å². The van der Waals surface area contributed by atoms with Crippen molar-refractivity contribution in [3.63, 3.8) is 0 Å². The summed E-state index contributed by atoms with van der Waals surface area (Å²) in [6.45, 7) is 4.10. The highest BCUT2D eigenvalue weighted by atomic mass is 16.4. The molecule has 0 aliphatic heterocycles. The van der Waals surface area contributed by atoms with E-state index in [0.717, 1.165) is 5.69 Å². The molecule has 0 amide bonds. The van der Waals surface area contributed by atoms with E-state index in [1.807, 2.05) is 44.2 Å². The number of aromatic carboxylic acids is 1. The van der Waals surface area contributed by atoms with E-state index in [0.29, 0.717) is 18.0 Å². The highest BCUT2D eigenvalue weighted by Crippen LogP contribution is 2.15. The minimum Gasteiger partial charge on any atom is -0.478 e. The van der Waals surface area contributed by atoms with Crippen LogP contribution in [-0.2, 0) is 6.42 Å². The van der Waals surface area contributed by atoms with Crippen molar-refractivity contribution in [3.8, 4) is 5.69 Å². The molecule has 4 nitrogen and oxygen atoms in total. The van der Waals surface area contributed by atoms with Crippen LogP contribution in [0.25, 0.3) is 5.69 Å². The van der Waals surface area contributed by atoms with Crippen LogP contribution in [0.1, 0.15) is 29.9 Å². The van der Waals surface area contributed by atoms with Gasteiger partial charge in [-0.25, -0.2) is 9.48 Å². The number of aromatic nitrogens is 2. The van der Waals surface area contributed by atoms with Crippen LogP contribution in [0.2, 0.25) is 0 Å². The first kappa shape index (κ1) is 12.4. The van der Waals surface area contributed by atoms with Gasteiger partial charge in [-0.1, -0.05) is 32.0 Å². The van der Waals surface area contributed by atoms with Crippen LogP contribution < -0.4 is 0 Å². The summed E-state index contributed by atoms with van der Waals surface area (Å²) in [7, 11) is 0. The number of hydrogen-bond donors (Lipinski definition) is 1. The summed E-state index contributed by atoms with van der Waals surface area (Å²) in [4.78, 5) is 11.2. The van der Waals surface area contributed by atoms with E-state index in [1.54, 1.807) is 10.9 Å². The quantitative estimate of drug-likeness (QED) is 0.899. The van der Waals surface area contributed by atoms with Gasteiger partial charge in [-0.3, -0.25) is 0 Å². The summed E-state index contributed by atoms with van der Waals surface area (Å²) >= 11 is 0. The largest absolute Gasteiger partial charge is 0.478 e. The van der Waals surface area contributed by atoms with Gasteiger partial charge in [-0.15, -0.1) is 0 Å². The Morgan fingerprint density at radius 1 is 1.33 bits per heavy atom. The summed E-state index contributed by atoms with van der Waals surface area (Å²) in [6, 6.07) is 9.52. The van der Waals surface area contributed by atoms with Gasteiger partial charge >= 0.3 is 5.97 Å². The molecule has 1 aromatic heterocycles. The molecular formula is C14H16N2O2. The Hall–Kier alpha value is -2.10. The third-order valence-corrected chi connectivity index (χ3v) is 2.64. The summed E-state index contributed by atoms with van der Waals surface area (Å²) in [5, 5.41) is 13.6. The molecule has 0 atom stereocenters. The van der Waals surface area contributed by atoms with Crippen LogP contribution in [0.4, 0.5) is 0 Å². The van der Waals surface area contributed by atoms with Crippen molar-refractivity contribution in [2.45, 2.75) is 20.3 Å². The number of benzene rings is 1. The molecule has 94 valence electrons. The Bertz CT molecular complexity index is 544. The first-order valence-electron chi connectivity index (χ1n) is 5.95. The van der Waals surface area contributed by atoms with Gasteiger partial charge in [-0.05, 0) is 24.5 Å². The lowest BCUT2D eigenvalue weighted by molar-refractivity contribution is 0.0695. The first-order chi connectivity index (χ1) is 8.58. The van der Waals surface area contributed by atoms with E-state index in [-0.39, 0.29) is 5.56 Å². The maximum atomic E-state index is 11.2. The molecule has 1 heterocycles. The Morgan fingerprint density at radius 2 is 2.00 bits per heavy atom. The molecule has 0 unspecified atom stereocenters. The number of carbonyl (C=O) groups is 1. The van der Waals surface area contributed by atoms with E-state index >= 15 is 0 Å². The van der Waals surface area contributed by atoms with Crippen molar-refractivity contribution in [2.75, 3.05) is 0 Å². The van der Waals surface area contributed by atoms with Crippen molar-refractivity contribution in [3.05, 3.63) is 47.8 Å². The predicted octanol–water partition coefficient (Wildman–Crippen LogP) is 2.77. The van der Waals surface area contributed by atoms with Gasteiger partial charge in [0.25, 0.3) is 0 Å². The lowest BCUT2D eigenvalue weighted by Crippen LogP contribution is -2.03. The van der Waals surface area contributed by atoms with Crippen LogP contribution in [0.15, 0.2) is 36.5 Å². The maximum absolute atomic E-state index is 11.2. The van der Waals surface area contributed by atoms with E-state index in [4.69, 9.17) is 0 Å². The molecule has 18 heavy (non-hydrogen) atoms. The Morgan fingerprint density at radius 3 is 2.56 bits per heavy atom. The molecule has 2 aromatic rings. The molecule has 0 aliphatic rings. The highest BCUT2D eigenvalue weighted by Gasteiger charge is 2.16. The van der Waals surface area contributed by atoms with Gasteiger partial charge in [0, 0.05) is 6.20 Å². The van der Waals surface area contributed by atoms with Crippen LogP contribution >= 0.6 is 0 Å². The number of rotatable bonds is 4. The second-order valence-electron chi connectivity index (χ2n) is 4.67. The zero-order valence-corrected chi connectivity index (χ0v) is 10.5. The molecule has 0 aliphatic carbocycles. The van der Waals surface area contributed by atoms with Crippen molar-refractivity contribution < 1.29 is 9.90 Å². The van der Waals surface area contributed by atoms with Gasteiger partial charge in [-0.2, -0.15) is 5.10 Å². The summed E-state index contributed by atoms with van der Waals surface area (Å²) in [5.74, 6) is -0.546. The monoisotopic (exact) mass is 244 g/mol. The van der Waals surface area contributed by atoms with Crippen LogP contribution in [-0.4, -0.2) is 20.9 Å². The van der Waals surface area contributed by atoms with Gasteiger partial charge in [0.05, 0.1) is 11.4 Å². The molecule has 0 saturated carbocycles. The topological polar surface area (TPSA) is 55.1 Å². The Balaban J connectivity index is 2.42. The molecule has 1 aromatic carbocycles. The van der Waals surface area contributed by atoms with Gasteiger partial charge in [0.2, 0.25) is 0 Å². The molecule has 2 rings (SSSR count). The normalized spacial score (nSPS) is 10.8. The minimum absolute atomic E-state index is 0.285. The molecule has 4 heteroatoms. The van der Waals surface area contributed by atoms with Gasteiger partial charge < -0.3 is 5.11 Å². The molecular weight excluding hydrogens is 228 g/mol. The number of para-hydroxylation sites is 1. The second kappa shape index (κ2) is 5.04. The molecule has 0 spiro atoms. The lowest BCUT2D eigenvalue weighted by Gasteiger charge is -2.02. The fourth-order valence-electron chi connectivity index (χ4n) is 1.84. The number of carboxylic acid groups (broad SMARTS) is 1. The van der Waals surface area contributed by atoms with Crippen molar-refractivity contribution in [2.24, 2.45) is 5.92 Å². The van der Waals surface area contributed by atoms with Crippen molar-refractivity contribution >= 4 is 5.97 Å². The zero-order chi connectivity index (χ0) is 13.1. The fourth-order valence-corrected chi connectivity index (χ4v) is 1.84. The summed E-state index contributed by atoms with van der Waals surface area (Å²) in [5.41, 5.74) is 1.80. The summed E-state index contributed by atoms with van der Waals surface area (Å²) in [6.07, 6.45) is 2.25. The third kappa shape index (κ3) is 2.59. The lowest BCUT2D eigenvalue weighted by atomic mass is 10.1. The standard InChI is InChI=1S/C14H16N2O2/c1-10(2)8-13-12(14(17)18)9-16(15-13)11-6-4-3-5-7-11/h3-7,9-10H,8H2,1-2H3,(H,17,18). The zero-order valence-electron chi connectivity index (χ0n) is 10.5. The Labute approximate surface area is 106 Å². The smallest absolute Gasteiger partial charge is 0.339 e. The Kier molecular flexibility index (Phi) is 3.46. The van der Waals surface area contributed by atoms with Crippen molar-refractivity contribution in [1.29, 1.82) is 0 Å². The molecule has 0 bridgehead atoms. The van der Waals surface area contributed by atoms with Crippen LogP contribution in [0.3, 0.4) is 0 Å². The average molecular weight is 244 g/mol. The maximum Gasteiger partial charge on any atom is 0.339 e. The van der Waals surface area contributed by atoms with Crippen molar-refractivity contribution in [1.82, 2.24) is 9.78 Å². The SMILES string of the molecule is CC(C)Cc1nn(-c2ccccc2)cc1C(=O)O. The van der Waals surface area contributed by atoms with Crippen LogP contribution in [0.5, 0.6) is 0 Å². The third-order valence-electron chi connectivity index (χ3n) is 2.64. The highest BCUT2D eigenvalue weighted by molar-refractivity contribution is 5.88. The fraction of sp³-hybridized carbons (Fsp3) is 0.286. The predicted molar refractivity (Wildman–Crippen MR) is 69.1 cm³/mol. The average Bonchev–Trinajstić information content (AvgIpc) is 2.73. The van der Waals surface area contributed by atoms with E-state index in [2.05, 4.69) is 5.10 Å². The van der Waals surface area contributed by atoms with E-state index < -0.39 is 5.97 Å². The van der Waals surface area contributed by atoms with Crippen LogP contribution in [0, 0.1) is 5.92 Å². The van der Waals surface area contributed by atoms with Gasteiger partial charge in [0.1, 0.15) is 5.56 Å². The van der Waals surface area contributed by atoms with E-state index in [1.165, 1.54) is 0 Å². The molecule has 1 N–H and O–H groups in total. The van der Waals surface area contributed by atoms with E-state index in [9.17, 15) is 9.90 Å². The second-order valence-corrected chi connectivity index (χ2v) is 4.67. The summed E-state index contributed by atoms with van der Waals surface area (Å²) < 4.78 is 1.63. The number of carboxylic acids is 1. The molecule has 0 saturated heterocycles.